The molecule has 0 fully saturated rings. The van der Waals surface area contributed by atoms with Crippen LogP contribution in [0.2, 0.25) is 0 Å². The average Bonchev–Trinajstić information content (AvgIpc) is 2.46. The van der Waals surface area contributed by atoms with Gasteiger partial charge >= 0.3 is 12.3 Å². The Balaban J connectivity index is 0.00000264. The van der Waals surface area contributed by atoms with E-state index in [0.29, 0.717) is 0 Å². The predicted molar refractivity (Wildman–Crippen MR) is 78.2 cm³/mol. The van der Waals surface area contributed by atoms with Crippen molar-refractivity contribution in [2.24, 2.45) is 0 Å². The van der Waals surface area contributed by atoms with E-state index in [0.717, 1.165) is 0 Å². The molecule has 0 aromatic heterocycles. The van der Waals surface area contributed by atoms with Crippen molar-refractivity contribution in [2.45, 2.75) is 7.43 Å². The first kappa shape index (κ1) is 17.6. The van der Waals surface area contributed by atoms with Gasteiger partial charge < -0.3 is 19.7 Å². The summed E-state index contributed by atoms with van der Waals surface area (Å²) in [5.41, 5.74) is 0. The minimum absolute atomic E-state index is 0. The van der Waals surface area contributed by atoms with Crippen LogP contribution in [-0.4, -0.2) is 22.5 Å². The van der Waals surface area contributed by atoms with Gasteiger partial charge in [0.2, 0.25) is 11.5 Å². The summed E-state index contributed by atoms with van der Waals surface area (Å²) in [5, 5.41) is 17.2. The minimum Gasteiger partial charge on any atom is -0.449 e. The van der Waals surface area contributed by atoms with Crippen LogP contribution in [0.5, 0.6) is 23.0 Å². The molecule has 2 aromatic carbocycles. The lowest BCUT2D eigenvalue weighted by molar-refractivity contribution is -0.103. The summed E-state index contributed by atoms with van der Waals surface area (Å²) >= 11 is 0. The van der Waals surface area contributed by atoms with E-state index in [2.05, 4.69) is 9.47 Å². The number of carboxylic acid groups (broad SMARTS) is 2. The molecular formula is C15H14O8. The van der Waals surface area contributed by atoms with Gasteiger partial charge in [-0.1, -0.05) is 31.7 Å². The molecule has 0 unspecified atom stereocenters. The molecule has 122 valence electrons. The van der Waals surface area contributed by atoms with Crippen LogP contribution in [0.1, 0.15) is 7.43 Å². The molecule has 2 N–H and O–H groups in total. The Kier molecular flexibility index (Phi) is 6.23. The molecule has 2 rings (SSSR count). The molecule has 0 aliphatic carbocycles. The molecular weight excluding hydrogens is 308 g/mol. The van der Waals surface area contributed by atoms with Crippen molar-refractivity contribution in [3.63, 3.8) is 0 Å². The zero-order valence-corrected chi connectivity index (χ0v) is 11.0. The van der Waals surface area contributed by atoms with E-state index in [1.54, 1.807) is 24.3 Å². The number of ether oxygens (including phenoxy) is 2. The lowest BCUT2D eigenvalue weighted by atomic mass is 10.3. The molecule has 0 aliphatic heterocycles. The van der Waals surface area contributed by atoms with Gasteiger partial charge in [-0.2, -0.15) is 0 Å². The second-order valence-electron chi connectivity index (χ2n) is 3.80. The first-order valence-corrected chi connectivity index (χ1v) is 5.90. The summed E-state index contributed by atoms with van der Waals surface area (Å²) in [5.74, 6) is -0.164. The summed E-state index contributed by atoms with van der Waals surface area (Å²) in [6, 6.07) is 11.8. The molecule has 8 heteroatoms. The number of para-hydroxylation sites is 4. The van der Waals surface area contributed by atoms with Crippen LogP contribution in [0.4, 0.5) is 9.59 Å². The standard InChI is InChI=1S/C14H10O8.CH4/c15-13(16)19-9-5-1-3-7-11(9)21-22-12-8-4-2-6-10(12)20-14(17)18;/h1-8H,(H,15,16)(H,17,18);1H4. The maximum absolute atomic E-state index is 10.6. The SMILES string of the molecule is C.O=C(O)Oc1ccccc1OOc1ccccc1OC(=O)O. The summed E-state index contributed by atoms with van der Waals surface area (Å²) in [4.78, 5) is 31.1. The molecule has 0 atom stereocenters. The zero-order valence-electron chi connectivity index (χ0n) is 11.0. The number of hydrogen-bond donors (Lipinski definition) is 2. The lowest BCUT2D eigenvalue weighted by Crippen LogP contribution is -2.09. The molecule has 0 saturated heterocycles. The smallest absolute Gasteiger partial charge is 0.449 e. The van der Waals surface area contributed by atoms with Crippen LogP contribution in [0, 0.1) is 0 Å². The second kappa shape index (κ2) is 8.13. The average molecular weight is 322 g/mol. The third kappa shape index (κ3) is 5.12. The Bertz CT molecular complexity index is 623. The van der Waals surface area contributed by atoms with Crippen LogP contribution in [0.15, 0.2) is 48.5 Å². The minimum atomic E-state index is -1.51. The highest BCUT2D eigenvalue weighted by Gasteiger charge is 2.13. The van der Waals surface area contributed by atoms with Gasteiger partial charge in [0.15, 0.2) is 11.5 Å². The van der Waals surface area contributed by atoms with Crippen molar-refractivity contribution in [1.29, 1.82) is 0 Å². The van der Waals surface area contributed by atoms with Gasteiger partial charge in [0.25, 0.3) is 0 Å². The second-order valence-corrected chi connectivity index (χ2v) is 3.80. The third-order valence-corrected chi connectivity index (χ3v) is 2.31. The van der Waals surface area contributed by atoms with Gasteiger partial charge in [0, 0.05) is 0 Å². The largest absolute Gasteiger partial charge is 0.511 e. The van der Waals surface area contributed by atoms with Gasteiger partial charge in [-0.25, -0.2) is 9.59 Å². The highest BCUT2D eigenvalue weighted by molar-refractivity contribution is 5.63. The fourth-order valence-corrected chi connectivity index (χ4v) is 1.48. The third-order valence-electron chi connectivity index (χ3n) is 2.31. The monoisotopic (exact) mass is 322 g/mol. The summed E-state index contributed by atoms with van der Waals surface area (Å²) in [7, 11) is 0. The topological polar surface area (TPSA) is 112 Å². The molecule has 0 radical (unpaired) electrons. The Hall–Kier alpha value is -3.42. The fourth-order valence-electron chi connectivity index (χ4n) is 1.48. The van der Waals surface area contributed by atoms with Gasteiger partial charge in [-0.15, -0.1) is 0 Å². The van der Waals surface area contributed by atoms with Crippen molar-refractivity contribution < 1.29 is 39.1 Å². The molecule has 23 heavy (non-hydrogen) atoms. The van der Waals surface area contributed by atoms with E-state index < -0.39 is 12.3 Å². The highest BCUT2D eigenvalue weighted by atomic mass is 17.2. The number of benzene rings is 2. The molecule has 0 amide bonds. The van der Waals surface area contributed by atoms with E-state index in [-0.39, 0.29) is 30.4 Å². The van der Waals surface area contributed by atoms with Crippen LogP contribution >= 0.6 is 0 Å². The van der Waals surface area contributed by atoms with Gasteiger partial charge in [-0.3, -0.25) is 9.78 Å². The van der Waals surface area contributed by atoms with Crippen molar-refractivity contribution in [1.82, 2.24) is 0 Å². The number of rotatable bonds is 5. The molecule has 0 bridgehead atoms. The Morgan fingerprint density at radius 3 is 1.26 bits per heavy atom. The van der Waals surface area contributed by atoms with Crippen LogP contribution in [0.3, 0.4) is 0 Å². The molecule has 0 aliphatic rings. The summed E-state index contributed by atoms with van der Waals surface area (Å²) in [6.07, 6.45) is -3.02. The zero-order chi connectivity index (χ0) is 15.9. The van der Waals surface area contributed by atoms with E-state index in [1.165, 1.54) is 24.3 Å². The Morgan fingerprint density at radius 1 is 0.652 bits per heavy atom. The van der Waals surface area contributed by atoms with Gasteiger partial charge in [-0.05, 0) is 24.3 Å². The van der Waals surface area contributed by atoms with Crippen molar-refractivity contribution in [3.8, 4) is 23.0 Å². The quantitative estimate of drug-likeness (QED) is 0.370. The fraction of sp³-hybridized carbons (Fsp3) is 0.0667. The normalized spacial score (nSPS) is 9.22. The van der Waals surface area contributed by atoms with Crippen molar-refractivity contribution in [2.75, 3.05) is 0 Å². The molecule has 0 heterocycles. The molecule has 2 aromatic rings. The first-order valence-electron chi connectivity index (χ1n) is 5.90. The van der Waals surface area contributed by atoms with Crippen molar-refractivity contribution >= 4 is 12.3 Å². The predicted octanol–water partition coefficient (Wildman–Crippen LogP) is 3.81. The van der Waals surface area contributed by atoms with Crippen LogP contribution in [0.25, 0.3) is 0 Å². The van der Waals surface area contributed by atoms with E-state index >= 15 is 0 Å². The van der Waals surface area contributed by atoms with E-state index in [9.17, 15) is 9.59 Å². The number of hydrogen-bond acceptors (Lipinski definition) is 6. The van der Waals surface area contributed by atoms with Crippen LogP contribution in [-0.2, 0) is 0 Å². The first-order chi connectivity index (χ1) is 10.6. The van der Waals surface area contributed by atoms with Crippen LogP contribution < -0.4 is 19.2 Å². The van der Waals surface area contributed by atoms with Gasteiger partial charge in [0.05, 0.1) is 0 Å². The Morgan fingerprint density at radius 2 is 0.957 bits per heavy atom. The van der Waals surface area contributed by atoms with E-state index in [4.69, 9.17) is 20.0 Å². The number of carbonyl (C=O) groups is 2. The Labute approximate surface area is 131 Å². The maximum atomic E-state index is 10.6. The van der Waals surface area contributed by atoms with Crippen molar-refractivity contribution in [3.05, 3.63) is 48.5 Å². The summed E-state index contributed by atoms with van der Waals surface area (Å²) in [6.45, 7) is 0. The van der Waals surface area contributed by atoms with Gasteiger partial charge in [0.1, 0.15) is 0 Å². The summed E-state index contributed by atoms with van der Waals surface area (Å²) < 4.78 is 9.03. The molecule has 8 nitrogen and oxygen atoms in total. The highest BCUT2D eigenvalue weighted by Crippen LogP contribution is 2.30. The molecule has 0 saturated carbocycles. The maximum Gasteiger partial charge on any atom is 0.511 e. The lowest BCUT2D eigenvalue weighted by Gasteiger charge is -2.10. The van der Waals surface area contributed by atoms with E-state index in [1.807, 2.05) is 0 Å². The molecule has 0 spiro atoms.